The quantitative estimate of drug-likeness (QED) is 0.357. The molecule has 3 aliphatic rings. The maximum Gasteiger partial charge on any atom is 0.265 e. The number of hydrogen-bond acceptors (Lipinski definition) is 7. The number of hydrogen-bond donors (Lipinski definition) is 1. The number of rotatable bonds is 9. The van der Waals surface area contributed by atoms with Crippen LogP contribution in [0.3, 0.4) is 0 Å². The van der Waals surface area contributed by atoms with Crippen molar-refractivity contribution in [2.24, 2.45) is 11.8 Å². The Kier molecular flexibility index (Phi) is 7.40. The van der Waals surface area contributed by atoms with Crippen LogP contribution in [0.2, 0.25) is 0 Å². The summed E-state index contributed by atoms with van der Waals surface area (Å²) < 4.78 is 20.3. The zero-order chi connectivity index (χ0) is 31.6. The lowest BCUT2D eigenvalue weighted by Crippen LogP contribution is -2.53. The molecule has 3 aromatic rings. The van der Waals surface area contributed by atoms with E-state index in [4.69, 9.17) is 14.2 Å². The molecule has 3 aliphatic heterocycles. The van der Waals surface area contributed by atoms with Gasteiger partial charge < -0.3 is 19.3 Å². The lowest BCUT2D eigenvalue weighted by molar-refractivity contribution is -0.146. The molecule has 4 atom stereocenters. The molecule has 234 valence electrons. The fraction of sp³-hybridized carbons (Fsp3) is 0.514. The number of allylic oxidation sites excluding steroid dienone is 1. The van der Waals surface area contributed by atoms with Crippen LogP contribution in [0.4, 0.5) is 5.69 Å². The number of nitrogens with zero attached hydrogens (tertiary/aromatic N) is 4. The second-order valence-electron chi connectivity index (χ2n) is 13.6. The van der Waals surface area contributed by atoms with Crippen LogP contribution >= 0.6 is 0 Å². The van der Waals surface area contributed by atoms with E-state index in [0.29, 0.717) is 25.1 Å². The predicted octanol–water partition coefficient (Wildman–Crippen LogP) is 5.29. The summed E-state index contributed by atoms with van der Waals surface area (Å²) in [6.07, 6.45) is 4.87. The van der Waals surface area contributed by atoms with Crippen molar-refractivity contribution in [2.75, 3.05) is 25.7 Å². The molecule has 9 heteroatoms. The van der Waals surface area contributed by atoms with Crippen LogP contribution < -0.4 is 14.4 Å². The second kappa shape index (κ2) is 10.7. The molecule has 4 heterocycles. The number of aromatic nitrogens is 3. The Balaban J connectivity index is 1.48. The summed E-state index contributed by atoms with van der Waals surface area (Å²) in [6.45, 7) is 13.6. The minimum absolute atomic E-state index is 0.0210. The smallest absolute Gasteiger partial charge is 0.265 e. The molecule has 1 aromatic heterocycles. The summed E-state index contributed by atoms with van der Waals surface area (Å²) in [7, 11) is 3.34. The number of aliphatic hydroxyl groups is 1. The van der Waals surface area contributed by atoms with Crippen LogP contribution in [-0.2, 0) is 33.5 Å². The normalized spacial score (nSPS) is 25.4. The molecule has 0 bridgehead atoms. The molecule has 6 rings (SSSR count). The van der Waals surface area contributed by atoms with Crippen LogP contribution in [0.5, 0.6) is 11.5 Å². The van der Waals surface area contributed by atoms with E-state index in [1.807, 2.05) is 40.0 Å². The number of methoxy groups -OCH3 is 2. The number of carbonyl (C=O) groups excluding carboxylic acids is 1. The Morgan fingerprint density at radius 2 is 1.80 bits per heavy atom. The lowest BCUT2D eigenvalue weighted by atomic mass is 9.63. The average Bonchev–Trinajstić information content (AvgIpc) is 3.64. The molecule has 1 saturated heterocycles. The molecule has 9 nitrogen and oxygen atoms in total. The first-order valence-electron chi connectivity index (χ1n) is 15.5. The highest BCUT2D eigenvalue weighted by Gasteiger charge is 2.68. The SMILES string of the molecule is COc1ccc(C(C)(C)[C@@H]2[C@@H](CCn3cc(CCO)nn3)O[C@]3(C(=O)N4c5c(cc(OC)cc53)C(C)=CC4(C)C)[C@H]2C)cc1. The summed E-state index contributed by atoms with van der Waals surface area (Å²) in [6, 6.07) is 12.3. The maximum absolute atomic E-state index is 15.0. The molecule has 1 fully saturated rings. The first kappa shape index (κ1) is 30.3. The van der Waals surface area contributed by atoms with Crippen molar-refractivity contribution in [1.82, 2.24) is 15.0 Å². The Hall–Kier alpha value is -3.69. The summed E-state index contributed by atoms with van der Waals surface area (Å²) in [5.74, 6) is 1.30. The van der Waals surface area contributed by atoms with Crippen LogP contribution in [0, 0.1) is 11.8 Å². The van der Waals surface area contributed by atoms with Crippen LogP contribution in [-0.4, -0.2) is 58.5 Å². The molecular formula is C35H44N4O5. The molecule has 1 spiro atoms. The van der Waals surface area contributed by atoms with Crippen molar-refractivity contribution in [2.45, 2.75) is 83.6 Å². The topological polar surface area (TPSA) is 98.9 Å². The van der Waals surface area contributed by atoms with Crippen molar-refractivity contribution in [3.05, 3.63) is 71.1 Å². The minimum Gasteiger partial charge on any atom is -0.497 e. The lowest BCUT2D eigenvalue weighted by Gasteiger charge is -2.40. The van der Waals surface area contributed by atoms with Crippen molar-refractivity contribution in [3.8, 4) is 11.5 Å². The van der Waals surface area contributed by atoms with Crippen molar-refractivity contribution in [3.63, 3.8) is 0 Å². The largest absolute Gasteiger partial charge is 0.497 e. The fourth-order valence-electron chi connectivity index (χ4n) is 8.18. The number of amides is 1. The maximum atomic E-state index is 15.0. The van der Waals surface area contributed by atoms with Crippen LogP contribution in [0.1, 0.15) is 70.3 Å². The van der Waals surface area contributed by atoms with E-state index in [9.17, 15) is 9.90 Å². The summed E-state index contributed by atoms with van der Waals surface area (Å²) >= 11 is 0. The standard InChI is InChI=1S/C35H44N4O5/c1-21-19-33(3,4)39-31-27(21)17-26(43-8)18-28(31)35(32(39)41)22(2)30(34(5,6)23-9-11-25(42-7)12-10-23)29(44-35)13-15-38-20-24(14-16-40)36-37-38/h9-12,17-20,22,29-30,40H,13-16H2,1-8H3/t22-,29+,30-,35+/m0/s1. The van der Waals surface area contributed by atoms with E-state index < -0.39 is 11.1 Å². The minimum atomic E-state index is -1.18. The molecular weight excluding hydrogens is 556 g/mol. The summed E-state index contributed by atoms with van der Waals surface area (Å²) in [5, 5.41) is 17.9. The second-order valence-corrected chi connectivity index (χ2v) is 13.6. The molecule has 1 N–H and O–H groups in total. The van der Waals surface area contributed by atoms with Gasteiger partial charge in [-0.3, -0.25) is 14.4 Å². The van der Waals surface area contributed by atoms with Gasteiger partial charge in [0.05, 0.1) is 37.2 Å². The van der Waals surface area contributed by atoms with Gasteiger partial charge in [-0.2, -0.15) is 0 Å². The van der Waals surface area contributed by atoms with Gasteiger partial charge in [0.2, 0.25) is 0 Å². The van der Waals surface area contributed by atoms with Gasteiger partial charge in [0.25, 0.3) is 5.91 Å². The number of carbonyl (C=O) groups is 1. The zero-order valence-electron chi connectivity index (χ0n) is 27.0. The first-order valence-corrected chi connectivity index (χ1v) is 15.5. The number of aliphatic hydroxyl groups excluding tert-OH is 1. The van der Waals surface area contributed by atoms with Gasteiger partial charge in [-0.25, -0.2) is 0 Å². The Labute approximate surface area is 259 Å². The summed E-state index contributed by atoms with van der Waals surface area (Å²) in [5.41, 5.74) is 3.78. The van der Waals surface area contributed by atoms with Gasteiger partial charge in [0, 0.05) is 48.7 Å². The number of fused-ring (bicyclic) bond motifs is 1. The third kappa shape index (κ3) is 4.46. The van der Waals surface area contributed by atoms with Gasteiger partial charge in [-0.1, -0.05) is 44.2 Å². The van der Waals surface area contributed by atoms with Crippen molar-refractivity contribution in [1.29, 1.82) is 0 Å². The van der Waals surface area contributed by atoms with E-state index in [0.717, 1.165) is 39.4 Å². The number of aryl methyl sites for hydroxylation is 1. The number of anilines is 1. The molecule has 2 aromatic carbocycles. The molecule has 0 unspecified atom stereocenters. The van der Waals surface area contributed by atoms with Gasteiger partial charge in [0.15, 0.2) is 5.60 Å². The van der Waals surface area contributed by atoms with Gasteiger partial charge in [-0.15, -0.1) is 5.10 Å². The Morgan fingerprint density at radius 1 is 1.09 bits per heavy atom. The Morgan fingerprint density at radius 3 is 2.45 bits per heavy atom. The molecule has 44 heavy (non-hydrogen) atoms. The molecule has 0 radical (unpaired) electrons. The zero-order valence-corrected chi connectivity index (χ0v) is 27.0. The third-order valence-electron chi connectivity index (χ3n) is 10.2. The van der Waals surface area contributed by atoms with Crippen LogP contribution in [0.25, 0.3) is 5.57 Å². The van der Waals surface area contributed by atoms with Crippen molar-refractivity contribution >= 4 is 17.2 Å². The van der Waals surface area contributed by atoms with Crippen LogP contribution in [0.15, 0.2) is 48.7 Å². The Bertz CT molecular complexity index is 1610. The highest BCUT2D eigenvalue weighted by atomic mass is 16.5. The highest BCUT2D eigenvalue weighted by molar-refractivity contribution is 6.12. The predicted molar refractivity (Wildman–Crippen MR) is 169 cm³/mol. The molecule has 1 amide bonds. The first-order chi connectivity index (χ1) is 20.9. The molecule has 0 aliphatic carbocycles. The van der Waals surface area contributed by atoms with E-state index in [-0.39, 0.29) is 35.9 Å². The van der Waals surface area contributed by atoms with Gasteiger partial charge >= 0.3 is 0 Å². The van der Waals surface area contributed by atoms with E-state index in [2.05, 4.69) is 70.1 Å². The van der Waals surface area contributed by atoms with Crippen molar-refractivity contribution < 1.29 is 24.1 Å². The van der Waals surface area contributed by atoms with E-state index in [1.165, 1.54) is 0 Å². The van der Waals surface area contributed by atoms with E-state index in [1.54, 1.807) is 14.2 Å². The average molecular weight is 601 g/mol. The molecule has 0 saturated carbocycles. The van der Waals surface area contributed by atoms with E-state index >= 15 is 0 Å². The number of ether oxygens (including phenoxy) is 3. The van der Waals surface area contributed by atoms with Gasteiger partial charge in [-0.05, 0) is 68.0 Å². The number of benzene rings is 2. The highest BCUT2D eigenvalue weighted by Crippen LogP contribution is 2.63. The fourth-order valence-corrected chi connectivity index (χ4v) is 8.18. The van der Waals surface area contributed by atoms with Gasteiger partial charge in [0.1, 0.15) is 11.5 Å². The third-order valence-corrected chi connectivity index (χ3v) is 10.2. The summed E-state index contributed by atoms with van der Waals surface area (Å²) in [4.78, 5) is 16.9. The monoisotopic (exact) mass is 600 g/mol.